The largest absolute Gasteiger partial charge is 0.329 e. The summed E-state index contributed by atoms with van der Waals surface area (Å²) in [4.78, 5) is 21.1. The number of thiazole rings is 1. The van der Waals surface area contributed by atoms with Crippen LogP contribution in [0.4, 0.5) is 0 Å². The van der Waals surface area contributed by atoms with E-state index >= 15 is 0 Å². The minimum atomic E-state index is -3.16. The molecular weight excluding hydrogens is 452 g/mol. The van der Waals surface area contributed by atoms with Gasteiger partial charge in [0.05, 0.1) is 21.4 Å². The lowest BCUT2D eigenvalue weighted by molar-refractivity contribution is 0.0677. The van der Waals surface area contributed by atoms with E-state index in [-0.39, 0.29) is 23.5 Å². The van der Waals surface area contributed by atoms with Gasteiger partial charge < -0.3 is 4.90 Å². The van der Waals surface area contributed by atoms with Crippen LogP contribution in [-0.4, -0.2) is 41.8 Å². The van der Waals surface area contributed by atoms with Crippen molar-refractivity contribution in [3.05, 3.63) is 89.1 Å². The number of sulfone groups is 1. The van der Waals surface area contributed by atoms with E-state index < -0.39 is 9.84 Å². The number of rotatable bonds is 5. The van der Waals surface area contributed by atoms with E-state index in [0.29, 0.717) is 18.7 Å². The van der Waals surface area contributed by atoms with Gasteiger partial charge in [-0.15, -0.1) is 11.3 Å². The second-order valence-corrected chi connectivity index (χ2v) is 11.8. The number of aryl methyl sites for hydroxylation is 1. The molecule has 2 heterocycles. The fraction of sp³-hybridized carbons (Fsp3) is 0.231. The Bertz CT molecular complexity index is 1420. The standard InChI is InChI=1S/C26H24N2O3S2/c1-18-27-24(25(32-18)20-9-3-2-4-10-20)26(29)28(22-14-15-33(30,31)17-22)16-21-12-7-11-19-8-5-6-13-23(19)21/h2-13,22H,14-17H2,1H3. The van der Waals surface area contributed by atoms with Gasteiger partial charge in [-0.25, -0.2) is 13.4 Å². The van der Waals surface area contributed by atoms with Crippen LogP contribution in [0.25, 0.3) is 21.2 Å². The van der Waals surface area contributed by atoms with Gasteiger partial charge in [-0.05, 0) is 35.2 Å². The smallest absolute Gasteiger partial charge is 0.274 e. The predicted octanol–water partition coefficient (Wildman–Crippen LogP) is 5.10. The molecule has 1 aliphatic rings. The molecule has 5 rings (SSSR count). The van der Waals surface area contributed by atoms with E-state index in [2.05, 4.69) is 4.98 Å². The first-order chi connectivity index (χ1) is 15.9. The van der Waals surface area contributed by atoms with Gasteiger partial charge in [-0.1, -0.05) is 72.8 Å². The van der Waals surface area contributed by atoms with Crippen molar-refractivity contribution in [3.63, 3.8) is 0 Å². The first kappa shape index (κ1) is 21.8. The molecule has 1 aromatic heterocycles. The van der Waals surface area contributed by atoms with E-state index in [1.165, 1.54) is 11.3 Å². The van der Waals surface area contributed by atoms with Gasteiger partial charge in [0.2, 0.25) is 0 Å². The topological polar surface area (TPSA) is 67.3 Å². The Hall–Kier alpha value is -3.03. The second-order valence-electron chi connectivity index (χ2n) is 8.40. The molecule has 3 aromatic carbocycles. The molecule has 0 bridgehead atoms. The Morgan fingerprint density at radius 3 is 2.52 bits per heavy atom. The van der Waals surface area contributed by atoms with Crippen molar-refractivity contribution in [1.82, 2.24) is 9.88 Å². The van der Waals surface area contributed by atoms with Crippen molar-refractivity contribution in [1.29, 1.82) is 0 Å². The number of benzene rings is 3. The van der Waals surface area contributed by atoms with Crippen LogP contribution in [0.15, 0.2) is 72.8 Å². The van der Waals surface area contributed by atoms with E-state index in [1.807, 2.05) is 79.7 Å². The Morgan fingerprint density at radius 1 is 1.03 bits per heavy atom. The number of fused-ring (bicyclic) bond motifs is 1. The average Bonchev–Trinajstić information content (AvgIpc) is 3.39. The van der Waals surface area contributed by atoms with Crippen LogP contribution in [0.5, 0.6) is 0 Å². The molecule has 1 saturated heterocycles. The maximum atomic E-state index is 14.0. The summed E-state index contributed by atoms with van der Waals surface area (Å²) in [6.45, 7) is 2.23. The van der Waals surface area contributed by atoms with Crippen molar-refractivity contribution in [2.24, 2.45) is 0 Å². The van der Waals surface area contributed by atoms with E-state index in [0.717, 1.165) is 31.8 Å². The minimum absolute atomic E-state index is 0.00665. The zero-order valence-electron chi connectivity index (χ0n) is 18.3. The third-order valence-electron chi connectivity index (χ3n) is 6.10. The maximum Gasteiger partial charge on any atom is 0.274 e. The number of carbonyl (C=O) groups excluding carboxylic acids is 1. The lowest BCUT2D eigenvalue weighted by Gasteiger charge is -2.28. The summed E-state index contributed by atoms with van der Waals surface area (Å²) in [5.41, 5.74) is 2.34. The fourth-order valence-corrected chi connectivity index (χ4v) is 7.14. The number of amides is 1. The minimum Gasteiger partial charge on any atom is -0.329 e. The molecule has 0 radical (unpaired) electrons. The van der Waals surface area contributed by atoms with Gasteiger partial charge in [0.15, 0.2) is 9.84 Å². The molecule has 0 N–H and O–H groups in total. The lowest BCUT2D eigenvalue weighted by atomic mass is 10.0. The van der Waals surface area contributed by atoms with Crippen molar-refractivity contribution in [2.45, 2.75) is 25.9 Å². The first-order valence-corrected chi connectivity index (χ1v) is 13.6. The molecule has 0 saturated carbocycles. The summed E-state index contributed by atoms with van der Waals surface area (Å²) in [5, 5.41) is 2.97. The normalized spacial score (nSPS) is 17.3. The molecule has 5 nitrogen and oxygen atoms in total. The lowest BCUT2D eigenvalue weighted by Crippen LogP contribution is -2.41. The predicted molar refractivity (Wildman–Crippen MR) is 133 cm³/mol. The molecule has 1 amide bonds. The zero-order valence-corrected chi connectivity index (χ0v) is 19.9. The van der Waals surface area contributed by atoms with Gasteiger partial charge in [-0.3, -0.25) is 4.79 Å². The Labute approximate surface area is 197 Å². The molecule has 1 fully saturated rings. The maximum absolute atomic E-state index is 14.0. The molecule has 168 valence electrons. The Morgan fingerprint density at radius 2 is 1.76 bits per heavy atom. The van der Waals surface area contributed by atoms with E-state index in [4.69, 9.17) is 0 Å². The van der Waals surface area contributed by atoms with Gasteiger partial charge in [0.25, 0.3) is 5.91 Å². The van der Waals surface area contributed by atoms with Crippen LogP contribution < -0.4 is 0 Å². The summed E-state index contributed by atoms with van der Waals surface area (Å²) in [7, 11) is -3.16. The number of aromatic nitrogens is 1. The monoisotopic (exact) mass is 476 g/mol. The van der Waals surface area contributed by atoms with Gasteiger partial charge >= 0.3 is 0 Å². The van der Waals surface area contributed by atoms with Crippen LogP contribution >= 0.6 is 11.3 Å². The van der Waals surface area contributed by atoms with E-state index in [9.17, 15) is 13.2 Å². The van der Waals surface area contributed by atoms with Gasteiger partial charge in [-0.2, -0.15) is 0 Å². The summed E-state index contributed by atoms with van der Waals surface area (Å²) < 4.78 is 24.6. The molecule has 1 atom stereocenters. The number of carbonyl (C=O) groups is 1. The summed E-state index contributed by atoms with van der Waals surface area (Å²) in [5.74, 6) is -0.112. The molecule has 1 unspecified atom stereocenters. The molecule has 4 aromatic rings. The molecule has 33 heavy (non-hydrogen) atoms. The second kappa shape index (κ2) is 8.72. The summed E-state index contributed by atoms with van der Waals surface area (Å²) >= 11 is 1.49. The Balaban J connectivity index is 1.58. The average molecular weight is 477 g/mol. The third kappa shape index (κ3) is 4.43. The SMILES string of the molecule is Cc1nc(C(=O)N(Cc2cccc3ccccc23)C2CCS(=O)(=O)C2)c(-c2ccccc2)s1. The molecule has 1 aliphatic heterocycles. The first-order valence-electron chi connectivity index (χ1n) is 10.9. The molecule has 0 spiro atoms. The highest BCUT2D eigenvalue weighted by molar-refractivity contribution is 7.91. The third-order valence-corrected chi connectivity index (χ3v) is 8.87. The summed E-state index contributed by atoms with van der Waals surface area (Å²) in [6.07, 6.45) is 0.447. The van der Waals surface area contributed by atoms with Crippen LogP contribution in [0, 0.1) is 6.92 Å². The van der Waals surface area contributed by atoms with Crippen molar-refractivity contribution in [2.75, 3.05) is 11.5 Å². The van der Waals surface area contributed by atoms with Crippen LogP contribution in [0.3, 0.4) is 0 Å². The highest BCUT2D eigenvalue weighted by Crippen LogP contribution is 2.33. The van der Waals surface area contributed by atoms with E-state index in [1.54, 1.807) is 4.90 Å². The zero-order chi connectivity index (χ0) is 23.0. The van der Waals surface area contributed by atoms with Crippen molar-refractivity contribution < 1.29 is 13.2 Å². The van der Waals surface area contributed by atoms with Crippen LogP contribution in [0.2, 0.25) is 0 Å². The van der Waals surface area contributed by atoms with Crippen LogP contribution in [0.1, 0.15) is 27.5 Å². The molecule has 7 heteroatoms. The van der Waals surface area contributed by atoms with Crippen molar-refractivity contribution >= 4 is 37.9 Å². The highest BCUT2D eigenvalue weighted by Gasteiger charge is 2.36. The van der Waals surface area contributed by atoms with Gasteiger partial charge in [0.1, 0.15) is 5.69 Å². The Kier molecular flexibility index (Phi) is 5.76. The number of nitrogens with zero attached hydrogens (tertiary/aromatic N) is 2. The number of hydrogen-bond acceptors (Lipinski definition) is 5. The number of hydrogen-bond donors (Lipinski definition) is 0. The fourth-order valence-electron chi connectivity index (χ4n) is 4.50. The van der Waals surface area contributed by atoms with Gasteiger partial charge in [0, 0.05) is 12.6 Å². The summed E-state index contributed by atoms with van der Waals surface area (Å²) in [6, 6.07) is 23.5. The highest BCUT2D eigenvalue weighted by atomic mass is 32.2. The quantitative estimate of drug-likeness (QED) is 0.402. The molecule has 0 aliphatic carbocycles. The van der Waals surface area contributed by atoms with Crippen molar-refractivity contribution in [3.8, 4) is 10.4 Å². The molecular formula is C26H24N2O3S2. The van der Waals surface area contributed by atoms with Crippen LogP contribution in [-0.2, 0) is 16.4 Å².